The van der Waals surface area contributed by atoms with Crippen molar-refractivity contribution >= 4 is 0 Å². The van der Waals surface area contributed by atoms with Crippen molar-refractivity contribution in [3.8, 4) is 0 Å². The summed E-state index contributed by atoms with van der Waals surface area (Å²) in [7, 11) is 0. The van der Waals surface area contributed by atoms with Gasteiger partial charge in [-0.1, -0.05) is 39.8 Å². The zero-order chi connectivity index (χ0) is 10.8. The van der Waals surface area contributed by atoms with E-state index in [2.05, 4.69) is 39.8 Å². The first kappa shape index (κ1) is 11.8. The highest BCUT2D eigenvalue weighted by atomic mass is 16.3. The molecule has 2 unspecified atom stereocenters. The molecule has 14 heavy (non-hydrogen) atoms. The van der Waals surface area contributed by atoms with Crippen molar-refractivity contribution in [3.63, 3.8) is 0 Å². The van der Waals surface area contributed by atoms with Crippen molar-refractivity contribution < 1.29 is 5.11 Å². The maximum absolute atomic E-state index is 10.7. The summed E-state index contributed by atoms with van der Waals surface area (Å²) in [4.78, 5) is 0. The molecule has 82 valence electrons. The third-order valence-electron chi connectivity index (χ3n) is 4.21. The first-order valence-electron chi connectivity index (χ1n) is 5.92. The molecule has 0 radical (unpaired) electrons. The molecular formula is C13H24O. The molecule has 0 amide bonds. The number of allylic oxidation sites excluding steroid dienone is 1. The van der Waals surface area contributed by atoms with E-state index in [0.717, 1.165) is 25.7 Å². The Labute approximate surface area is 88.2 Å². The Morgan fingerprint density at radius 2 is 1.93 bits per heavy atom. The van der Waals surface area contributed by atoms with Gasteiger partial charge >= 0.3 is 0 Å². The van der Waals surface area contributed by atoms with Crippen LogP contribution in [0.3, 0.4) is 0 Å². The van der Waals surface area contributed by atoms with Gasteiger partial charge in [0, 0.05) is 5.41 Å². The zero-order valence-corrected chi connectivity index (χ0v) is 10.0. The molecule has 0 saturated heterocycles. The Balaban J connectivity index is 3.11. The van der Waals surface area contributed by atoms with Crippen molar-refractivity contribution in [1.82, 2.24) is 0 Å². The lowest BCUT2D eigenvalue weighted by molar-refractivity contribution is -0.0978. The molecule has 0 heterocycles. The fourth-order valence-corrected chi connectivity index (χ4v) is 3.09. The molecule has 0 bridgehead atoms. The van der Waals surface area contributed by atoms with Gasteiger partial charge in [-0.25, -0.2) is 0 Å². The van der Waals surface area contributed by atoms with Crippen LogP contribution in [-0.4, -0.2) is 10.7 Å². The Hall–Kier alpha value is -0.300. The van der Waals surface area contributed by atoms with E-state index in [4.69, 9.17) is 0 Å². The van der Waals surface area contributed by atoms with Crippen molar-refractivity contribution in [2.24, 2.45) is 11.3 Å². The van der Waals surface area contributed by atoms with E-state index in [1.54, 1.807) is 0 Å². The monoisotopic (exact) mass is 196 g/mol. The molecule has 1 aliphatic carbocycles. The molecule has 1 heteroatoms. The molecule has 0 aromatic carbocycles. The zero-order valence-electron chi connectivity index (χ0n) is 10.0. The normalized spacial score (nSPS) is 37.9. The summed E-state index contributed by atoms with van der Waals surface area (Å²) >= 11 is 0. The fourth-order valence-electron chi connectivity index (χ4n) is 3.09. The third kappa shape index (κ3) is 1.52. The van der Waals surface area contributed by atoms with Gasteiger partial charge < -0.3 is 5.11 Å². The summed E-state index contributed by atoms with van der Waals surface area (Å²) in [6, 6.07) is 0. The van der Waals surface area contributed by atoms with Crippen LogP contribution >= 0.6 is 0 Å². The second-order valence-electron chi connectivity index (χ2n) is 4.87. The molecule has 1 rings (SSSR count). The average molecular weight is 196 g/mol. The summed E-state index contributed by atoms with van der Waals surface area (Å²) in [6.07, 6.45) is 8.36. The second kappa shape index (κ2) is 4.06. The molecule has 1 aliphatic rings. The summed E-state index contributed by atoms with van der Waals surface area (Å²) in [5.74, 6) is 0.508. The summed E-state index contributed by atoms with van der Waals surface area (Å²) in [5, 5.41) is 10.7. The number of rotatable bonds is 3. The molecule has 0 spiro atoms. The quantitative estimate of drug-likeness (QED) is 0.685. The molecule has 0 saturated carbocycles. The summed E-state index contributed by atoms with van der Waals surface area (Å²) in [6.45, 7) is 8.74. The van der Waals surface area contributed by atoms with E-state index in [9.17, 15) is 5.11 Å². The summed E-state index contributed by atoms with van der Waals surface area (Å²) in [5.41, 5.74) is -0.481. The molecule has 0 fully saturated rings. The van der Waals surface area contributed by atoms with Gasteiger partial charge in [-0.2, -0.15) is 0 Å². The molecule has 1 N–H and O–H groups in total. The van der Waals surface area contributed by atoms with Gasteiger partial charge in [-0.15, -0.1) is 0 Å². The van der Waals surface area contributed by atoms with Crippen LogP contribution in [0.5, 0.6) is 0 Å². The first-order valence-corrected chi connectivity index (χ1v) is 5.92. The van der Waals surface area contributed by atoms with Crippen LogP contribution in [0.2, 0.25) is 0 Å². The minimum Gasteiger partial charge on any atom is -0.389 e. The maximum Gasteiger partial charge on any atom is 0.0740 e. The first-order chi connectivity index (χ1) is 6.52. The maximum atomic E-state index is 10.7. The molecule has 1 nitrogen and oxygen atoms in total. The van der Waals surface area contributed by atoms with Gasteiger partial charge in [0.15, 0.2) is 0 Å². The van der Waals surface area contributed by atoms with E-state index in [1.165, 1.54) is 0 Å². The van der Waals surface area contributed by atoms with E-state index in [0.29, 0.717) is 5.92 Å². The Morgan fingerprint density at radius 3 is 2.29 bits per heavy atom. The highest BCUT2D eigenvalue weighted by Gasteiger charge is 2.48. The number of hydrogen-bond donors (Lipinski definition) is 1. The van der Waals surface area contributed by atoms with Gasteiger partial charge in [-0.05, 0) is 31.6 Å². The van der Waals surface area contributed by atoms with Crippen LogP contribution < -0.4 is 0 Å². The predicted octanol–water partition coefficient (Wildman–Crippen LogP) is 3.53. The number of aliphatic hydroxyl groups is 1. The lowest BCUT2D eigenvalue weighted by Crippen LogP contribution is -2.51. The van der Waals surface area contributed by atoms with Crippen molar-refractivity contribution in [2.75, 3.05) is 0 Å². The van der Waals surface area contributed by atoms with Crippen LogP contribution in [0.15, 0.2) is 12.2 Å². The van der Waals surface area contributed by atoms with Crippen molar-refractivity contribution in [1.29, 1.82) is 0 Å². The predicted molar refractivity (Wildman–Crippen MR) is 61.2 cm³/mol. The average Bonchev–Trinajstić information content (AvgIpc) is 2.18. The lowest BCUT2D eigenvalue weighted by atomic mass is 9.58. The second-order valence-corrected chi connectivity index (χ2v) is 4.87. The Bertz CT molecular complexity index is 219. The largest absolute Gasteiger partial charge is 0.389 e. The minimum atomic E-state index is -0.481. The standard InChI is InChI=1S/C13H24O/c1-5-12(11(3)4)9-7-8-10-13(12,14)6-2/h7,9,11,14H,5-6,8,10H2,1-4H3. The van der Waals surface area contributed by atoms with Gasteiger partial charge in [0.05, 0.1) is 5.60 Å². The van der Waals surface area contributed by atoms with Crippen molar-refractivity contribution in [2.45, 2.75) is 59.0 Å². The highest BCUT2D eigenvalue weighted by Crippen LogP contribution is 2.49. The Morgan fingerprint density at radius 1 is 1.29 bits per heavy atom. The van der Waals surface area contributed by atoms with Crippen LogP contribution in [0.4, 0.5) is 0 Å². The van der Waals surface area contributed by atoms with E-state index in [1.807, 2.05) is 0 Å². The van der Waals surface area contributed by atoms with Crippen molar-refractivity contribution in [3.05, 3.63) is 12.2 Å². The number of hydrogen-bond acceptors (Lipinski definition) is 1. The third-order valence-corrected chi connectivity index (χ3v) is 4.21. The van der Waals surface area contributed by atoms with E-state index >= 15 is 0 Å². The Kier molecular flexibility index (Phi) is 3.41. The van der Waals surface area contributed by atoms with Crippen LogP contribution in [0.25, 0.3) is 0 Å². The van der Waals surface area contributed by atoms with Crippen LogP contribution in [0.1, 0.15) is 53.4 Å². The molecule has 0 aromatic heterocycles. The van der Waals surface area contributed by atoms with Gasteiger partial charge in [0.25, 0.3) is 0 Å². The van der Waals surface area contributed by atoms with Gasteiger partial charge in [0.1, 0.15) is 0 Å². The van der Waals surface area contributed by atoms with E-state index < -0.39 is 5.60 Å². The minimum absolute atomic E-state index is 0.000000000000000222. The van der Waals surface area contributed by atoms with Crippen LogP contribution in [-0.2, 0) is 0 Å². The van der Waals surface area contributed by atoms with E-state index in [-0.39, 0.29) is 5.41 Å². The smallest absolute Gasteiger partial charge is 0.0740 e. The topological polar surface area (TPSA) is 20.2 Å². The molecular weight excluding hydrogens is 172 g/mol. The summed E-state index contributed by atoms with van der Waals surface area (Å²) < 4.78 is 0. The van der Waals surface area contributed by atoms with Gasteiger partial charge in [0.2, 0.25) is 0 Å². The van der Waals surface area contributed by atoms with Crippen LogP contribution in [0, 0.1) is 11.3 Å². The highest BCUT2D eigenvalue weighted by molar-refractivity contribution is 5.15. The molecule has 0 aromatic rings. The SMILES string of the molecule is CCC1(O)CCC=CC1(CC)C(C)C. The van der Waals surface area contributed by atoms with Gasteiger partial charge in [-0.3, -0.25) is 0 Å². The molecule has 2 atom stereocenters. The lowest BCUT2D eigenvalue weighted by Gasteiger charge is -2.50. The molecule has 0 aliphatic heterocycles. The fraction of sp³-hybridized carbons (Fsp3) is 0.846.